The molecule has 1 rings (SSSR count). The lowest BCUT2D eigenvalue weighted by Gasteiger charge is -2.25. The van der Waals surface area contributed by atoms with E-state index in [1.54, 1.807) is 0 Å². The lowest BCUT2D eigenvalue weighted by molar-refractivity contribution is 0.280. The Kier molecular flexibility index (Phi) is 3.79. The Morgan fingerprint density at radius 3 is 2.80 bits per heavy atom. The van der Waals surface area contributed by atoms with E-state index >= 15 is 0 Å². The van der Waals surface area contributed by atoms with E-state index in [1.165, 1.54) is 11.8 Å². The van der Waals surface area contributed by atoms with Gasteiger partial charge in [0.05, 0.1) is 5.88 Å². The molecule has 1 heterocycles. The summed E-state index contributed by atoms with van der Waals surface area (Å²) in [5, 5.41) is 3.25. The Morgan fingerprint density at radius 1 is 1.50 bits per heavy atom. The predicted octanol–water partition coefficient (Wildman–Crippen LogP) is -0.228. The molecule has 0 aromatic rings. The first kappa shape index (κ1) is 8.04. The van der Waals surface area contributed by atoms with Gasteiger partial charge in [0.25, 0.3) is 0 Å². The highest BCUT2D eigenvalue weighted by Crippen LogP contribution is 2.00. The van der Waals surface area contributed by atoms with Crippen molar-refractivity contribution in [3.05, 3.63) is 0 Å². The van der Waals surface area contributed by atoms with Crippen LogP contribution in [0.3, 0.4) is 0 Å². The van der Waals surface area contributed by atoms with Gasteiger partial charge in [0.2, 0.25) is 0 Å². The minimum atomic E-state index is 0.852. The molecular formula is C6H12N2OS. The largest absolute Gasteiger partial charge is 0.314 e. The quantitative estimate of drug-likeness (QED) is 0.578. The van der Waals surface area contributed by atoms with Crippen molar-refractivity contribution >= 4 is 17.4 Å². The Hall–Kier alpha value is -0.0600. The average molecular weight is 160 g/mol. The molecule has 58 valence electrons. The van der Waals surface area contributed by atoms with Crippen molar-refractivity contribution in [2.75, 3.05) is 32.1 Å². The van der Waals surface area contributed by atoms with Crippen molar-refractivity contribution in [3.63, 3.8) is 0 Å². The van der Waals surface area contributed by atoms with Gasteiger partial charge in [-0.25, -0.2) is 0 Å². The zero-order chi connectivity index (χ0) is 7.23. The second-order valence-electron chi connectivity index (χ2n) is 2.26. The first-order valence-electron chi connectivity index (χ1n) is 3.42. The summed E-state index contributed by atoms with van der Waals surface area (Å²) in [5.74, 6) is 0.852. The van der Waals surface area contributed by atoms with Crippen LogP contribution in [0.1, 0.15) is 0 Å². The molecule has 0 radical (unpaired) electrons. The number of rotatable bonds is 3. The number of nitrogens with zero attached hydrogens (tertiary/aromatic N) is 1. The second kappa shape index (κ2) is 4.71. The lowest BCUT2D eigenvalue weighted by Crippen LogP contribution is -2.43. The van der Waals surface area contributed by atoms with Gasteiger partial charge in [-0.3, -0.25) is 9.69 Å². The number of carbonyl (C=O) groups is 1. The molecule has 4 heteroatoms. The molecule has 1 N–H and O–H groups in total. The maximum absolute atomic E-state index is 9.97. The standard InChI is InChI=1S/C6H12N2OS/c9-6-10-5-8-3-1-7-2-4-8/h6-7H,1-5H2. The van der Waals surface area contributed by atoms with Crippen molar-refractivity contribution in [1.29, 1.82) is 0 Å². The molecule has 3 nitrogen and oxygen atoms in total. The van der Waals surface area contributed by atoms with Crippen molar-refractivity contribution in [2.45, 2.75) is 0 Å². The highest BCUT2D eigenvalue weighted by molar-refractivity contribution is 8.11. The molecule has 1 aliphatic heterocycles. The van der Waals surface area contributed by atoms with Crippen molar-refractivity contribution < 1.29 is 4.79 Å². The highest BCUT2D eigenvalue weighted by Gasteiger charge is 2.07. The molecule has 0 aliphatic carbocycles. The first-order chi connectivity index (χ1) is 4.93. The summed E-state index contributed by atoms with van der Waals surface area (Å²) in [6.07, 6.45) is 0. The van der Waals surface area contributed by atoms with Gasteiger partial charge in [-0.2, -0.15) is 0 Å². The number of nitrogens with one attached hydrogen (secondary N) is 1. The van der Waals surface area contributed by atoms with E-state index in [2.05, 4.69) is 10.2 Å². The van der Waals surface area contributed by atoms with Crippen LogP contribution in [-0.2, 0) is 4.79 Å². The van der Waals surface area contributed by atoms with Crippen LogP contribution in [0.2, 0.25) is 0 Å². The molecule has 0 saturated carbocycles. The Labute approximate surface area is 65.2 Å². The van der Waals surface area contributed by atoms with Crippen molar-refractivity contribution in [2.24, 2.45) is 0 Å². The van der Waals surface area contributed by atoms with E-state index in [9.17, 15) is 4.79 Å². The normalized spacial score (nSPS) is 20.8. The number of thioether (sulfide) groups is 1. The van der Waals surface area contributed by atoms with Gasteiger partial charge < -0.3 is 5.32 Å². The molecule has 0 aromatic carbocycles. The van der Waals surface area contributed by atoms with Crippen LogP contribution in [0.4, 0.5) is 0 Å². The summed E-state index contributed by atoms with van der Waals surface area (Å²) < 4.78 is 0. The molecule has 10 heavy (non-hydrogen) atoms. The SMILES string of the molecule is O=CSCN1CCNCC1. The zero-order valence-electron chi connectivity index (χ0n) is 5.88. The molecule has 0 aromatic heterocycles. The fourth-order valence-corrected chi connectivity index (χ4v) is 1.51. The average Bonchev–Trinajstić information content (AvgIpc) is 2.03. The summed E-state index contributed by atoms with van der Waals surface area (Å²) in [6.45, 7) is 4.25. The van der Waals surface area contributed by atoms with Crippen LogP contribution in [0, 0.1) is 0 Å². The van der Waals surface area contributed by atoms with Crippen LogP contribution in [0.25, 0.3) is 0 Å². The van der Waals surface area contributed by atoms with E-state index in [1.807, 2.05) is 0 Å². The molecular weight excluding hydrogens is 148 g/mol. The zero-order valence-corrected chi connectivity index (χ0v) is 6.69. The van der Waals surface area contributed by atoms with Crippen LogP contribution in [0.5, 0.6) is 0 Å². The van der Waals surface area contributed by atoms with Crippen molar-refractivity contribution in [3.8, 4) is 0 Å². The minimum Gasteiger partial charge on any atom is -0.314 e. The second-order valence-corrected chi connectivity index (χ2v) is 3.04. The number of hydrogen-bond donors (Lipinski definition) is 1. The molecule has 1 fully saturated rings. The van der Waals surface area contributed by atoms with E-state index in [0.717, 1.165) is 37.7 Å². The van der Waals surface area contributed by atoms with Gasteiger partial charge >= 0.3 is 0 Å². The smallest absolute Gasteiger partial charge is 0.177 e. The topological polar surface area (TPSA) is 32.3 Å². The van der Waals surface area contributed by atoms with Gasteiger partial charge in [0.1, 0.15) is 0 Å². The summed E-state index contributed by atoms with van der Waals surface area (Å²) in [7, 11) is 0. The minimum absolute atomic E-state index is 0.852. The predicted molar refractivity (Wildman–Crippen MR) is 43.7 cm³/mol. The highest BCUT2D eigenvalue weighted by atomic mass is 32.2. The third kappa shape index (κ3) is 2.68. The van der Waals surface area contributed by atoms with Gasteiger partial charge in [0.15, 0.2) is 5.62 Å². The maximum Gasteiger partial charge on any atom is 0.177 e. The number of piperazine rings is 1. The molecule has 1 aliphatic rings. The van der Waals surface area contributed by atoms with Gasteiger partial charge in [-0.1, -0.05) is 11.8 Å². The molecule has 0 unspecified atom stereocenters. The van der Waals surface area contributed by atoms with E-state index < -0.39 is 0 Å². The van der Waals surface area contributed by atoms with Crippen LogP contribution in [0.15, 0.2) is 0 Å². The third-order valence-corrected chi connectivity index (χ3v) is 2.19. The van der Waals surface area contributed by atoms with E-state index in [0.29, 0.717) is 0 Å². The van der Waals surface area contributed by atoms with Gasteiger partial charge in [-0.05, 0) is 0 Å². The molecule has 0 bridgehead atoms. The summed E-state index contributed by atoms with van der Waals surface area (Å²) >= 11 is 1.33. The number of hydrogen-bond acceptors (Lipinski definition) is 4. The van der Waals surface area contributed by atoms with Crippen molar-refractivity contribution in [1.82, 2.24) is 10.2 Å². The Balaban J connectivity index is 2.07. The lowest BCUT2D eigenvalue weighted by atomic mass is 10.4. The first-order valence-corrected chi connectivity index (χ1v) is 4.46. The number of carbonyl (C=O) groups excluding carboxylic acids is 1. The maximum atomic E-state index is 9.97. The summed E-state index contributed by atoms with van der Waals surface area (Å²) in [6, 6.07) is 0. The Bertz CT molecular complexity index is 104. The van der Waals surface area contributed by atoms with Crippen LogP contribution < -0.4 is 5.32 Å². The molecule has 1 saturated heterocycles. The summed E-state index contributed by atoms with van der Waals surface area (Å²) in [5.41, 5.74) is 0.905. The van der Waals surface area contributed by atoms with Gasteiger partial charge in [-0.15, -0.1) is 0 Å². The van der Waals surface area contributed by atoms with Crippen LogP contribution >= 0.6 is 11.8 Å². The molecule has 0 amide bonds. The summed E-state index contributed by atoms with van der Waals surface area (Å²) in [4.78, 5) is 12.2. The van der Waals surface area contributed by atoms with Gasteiger partial charge in [0, 0.05) is 26.2 Å². The van der Waals surface area contributed by atoms with E-state index in [4.69, 9.17) is 0 Å². The fourth-order valence-electron chi connectivity index (χ4n) is 0.976. The molecule has 0 spiro atoms. The molecule has 0 atom stereocenters. The Morgan fingerprint density at radius 2 is 2.20 bits per heavy atom. The van der Waals surface area contributed by atoms with E-state index in [-0.39, 0.29) is 0 Å². The monoisotopic (exact) mass is 160 g/mol. The van der Waals surface area contributed by atoms with Crippen LogP contribution in [-0.4, -0.2) is 42.6 Å². The fraction of sp³-hybridized carbons (Fsp3) is 0.833. The third-order valence-electron chi connectivity index (χ3n) is 1.53.